The molecule has 0 saturated carbocycles. The summed E-state index contributed by atoms with van der Waals surface area (Å²) >= 11 is 1.06. The number of carbonyl (C=O) groups is 1. The number of rotatable bonds is 7. The van der Waals surface area contributed by atoms with Crippen LogP contribution in [0.2, 0.25) is 0 Å². The van der Waals surface area contributed by atoms with Gasteiger partial charge in [0.15, 0.2) is 17.4 Å². The summed E-state index contributed by atoms with van der Waals surface area (Å²) < 4.78 is 14.3. The molecule has 9 heteroatoms. The smallest absolute Gasteiger partial charge is 0.257 e. The summed E-state index contributed by atoms with van der Waals surface area (Å²) in [6.07, 6.45) is 5.66. The largest absolute Gasteiger partial charge is 0.505 e. The molecule has 1 saturated heterocycles. The van der Waals surface area contributed by atoms with Crippen LogP contribution in [-0.4, -0.2) is 37.8 Å². The zero-order chi connectivity index (χ0) is 21.8. The fraction of sp³-hybridized carbons (Fsp3) is 0.409. The van der Waals surface area contributed by atoms with E-state index in [1.807, 2.05) is 13.0 Å². The predicted octanol–water partition coefficient (Wildman–Crippen LogP) is 5.08. The maximum Gasteiger partial charge on any atom is 0.257 e. The lowest BCUT2D eigenvalue weighted by atomic mass is 10.1. The van der Waals surface area contributed by atoms with Crippen molar-refractivity contribution in [3.63, 3.8) is 0 Å². The molecule has 3 N–H and O–H groups in total. The third-order valence-electron chi connectivity index (χ3n) is 5.46. The first-order valence-corrected chi connectivity index (χ1v) is 11.3. The monoisotopic (exact) mass is 441 g/mol. The second kappa shape index (κ2) is 9.38. The van der Waals surface area contributed by atoms with Crippen LogP contribution in [0.25, 0.3) is 0 Å². The predicted molar refractivity (Wildman–Crippen MR) is 121 cm³/mol. The molecule has 3 heterocycles. The average molecular weight is 442 g/mol. The van der Waals surface area contributed by atoms with E-state index >= 15 is 0 Å². The summed E-state index contributed by atoms with van der Waals surface area (Å²) in [7, 11) is 0. The maximum absolute atomic E-state index is 12.9. The number of aromatic nitrogens is 2. The Bertz CT molecular complexity index is 1040. The van der Waals surface area contributed by atoms with Gasteiger partial charge in [-0.1, -0.05) is 13.0 Å². The number of para-hydroxylation sites is 1. The number of nitrogens with one attached hydrogen (secondary N) is 2. The number of nitrogens with zero attached hydrogens (tertiary/aromatic N) is 3. The van der Waals surface area contributed by atoms with Crippen molar-refractivity contribution in [3.05, 3.63) is 47.4 Å². The first kappa shape index (κ1) is 21.2. The number of phenolic OH excluding ortho intramolecular Hbond substituents is 1. The normalized spacial score (nSPS) is 15.0. The molecule has 1 unspecified atom stereocenters. The molecule has 31 heavy (non-hydrogen) atoms. The summed E-state index contributed by atoms with van der Waals surface area (Å²) in [5.74, 6) is 1.67. The molecule has 3 aromatic rings. The molecular formula is C22H27N5O3S. The number of likely N-dealkylation sites (tertiary alicyclic amines) is 1. The number of aryl methyl sites for hydroxylation is 1. The van der Waals surface area contributed by atoms with Gasteiger partial charge >= 0.3 is 0 Å². The third-order valence-corrected chi connectivity index (χ3v) is 5.99. The molecule has 1 aromatic carbocycles. The first-order chi connectivity index (χ1) is 15.1. The number of hydrogen-bond acceptors (Lipinski definition) is 8. The van der Waals surface area contributed by atoms with E-state index in [2.05, 4.69) is 26.3 Å². The molecule has 2 aromatic heterocycles. The Morgan fingerprint density at radius 3 is 2.74 bits per heavy atom. The van der Waals surface area contributed by atoms with Crippen LogP contribution in [0.15, 0.2) is 34.9 Å². The molecule has 4 rings (SSSR count). The molecule has 1 amide bonds. The van der Waals surface area contributed by atoms with Gasteiger partial charge in [-0.15, -0.1) is 0 Å². The summed E-state index contributed by atoms with van der Waals surface area (Å²) in [4.78, 5) is 14.7. The number of furan rings is 1. The van der Waals surface area contributed by atoms with Gasteiger partial charge in [-0.3, -0.25) is 4.79 Å². The minimum Gasteiger partial charge on any atom is -0.505 e. The second-order valence-corrected chi connectivity index (χ2v) is 8.30. The quantitative estimate of drug-likeness (QED) is 0.439. The number of carbonyl (C=O) groups excluding carboxylic acids is 1. The Balaban J connectivity index is 1.53. The van der Waals surface area contributed by atoms with Gasteiger partial charge in [0.25, 0.3) is 5.91 Å². The molecule has 1 aliphatic heterocycles. The van der Waals surface area contributed by atoms with Crippen molar-refractivity contribution in [3.8, 4) is 5.75 Å². The zero-order valence-electron chi connectivity index (χ0n) is 17.7. The number of hydrogen-bond donors (Lipinski definition) is 3. The van der Waals surface area contributed by atoms with E-state index in [-0.39, 0.29) is 17.7 Å². The van der Waals surface area contributed by atoms with Gasteiger partial charge in [-0.25, -0.2) is 0 Å². The van der Waals surface area contributed by atoms with Crippen LogP contribution in [0, 0.1) is 6.92 Å². The van der Waals surface area contributed by atoms with Crippen molar-refractivity contribution in [2.45, 2.75) is 45.6 Å². The fourth-order valence-corrected chi connectivity index (χ4v) is 4.23. The van der Waals surface area contributed by atoms with Crippen molar-refractivity contribution in [2.24, 2.45) is 0 Å². The summed E-state index contributed by atoms with van der Waals surface area (Å²) in [6, 6.07) is 7.07. The highest BCUT2D eigenvalue weighted by molar-refractivity contribution is 6.99. The highest BCUT2D eigenvalue weighted by Gasteiger charge is 2.23. The number of phenols is 1. The van der Waals surface area contributed by atoms with Gasteiger partial charge in [-0.05, 0) is 56.4 Å². The molecule has 1 fully saturated rings. The minimum atomic E-state index is -0.144. The maximum atomic E-state index is 12.9. The molecule has 0 radical (unpaired) electrons. The Morgan fingerprint density at radius 1 is 1.26 bits per heavy atom. The van der Waals surface area contributed by atoms with Crippen molar-refractivity contribution < 1.29 is 14.3 Å². The minimum absolute atomic E-state index is 0.0567. The number of benzene rings is 1. The molecule has 1 atom stereocenters. The number of aromatic hydroxyl groups is 1. The van der Waals surface area contributed by atoms with Crippen LogP contribution in [-0.2, 0) is 0 Å². The molecule has 0 aliphatic carbocycles. The molecule has 8 nitrogen and oxygen atoms in total. The van der Waals surface area contributed by atoms with Crippen LogP contribution in [0.3, 0.4) is 0 Å². The van der Waals surface area contributed by atoms with Crippen LogP contribution in [0.1, 0.15) is 60.3 Å². The van der Waals surface area contributed by atoms with Crippen molar-refractivity contribution >= 4 is 35.0 Å². The van der Waals surface area contributed by atoms with Gasteiger partial charge in [0.1, 0.15) is 5.76 Å². The lowest BCUT2D eigenvalue weighted by Crippen LogP contribution is -2.35. The molecular weight excluding hydrogens is 414 g/mol. The summed E-state index contributed by atoms with van der Waals surface area (Å²) in [6.45, 7) is 5.50. The first-order valence-electron chi connectivity index (χ1n) is 10.6. The van der Waals surface area contributed by atoms with Gasteiger partial charge in [0.2, 0.25) is 0 Å². The summed E-state index contributed by atoms with van der Waals surface area (Å²) in [5, 5.41) is 17.3. The van der Waals surface area contributed by atoms with E-state index in [0.717, 1.165) is 61.8 Å². The Labute approximate surface area is 185 Å². The van der Waals surface area contributed by atoms with Crippen molar-refractivity contribution in [2.75, 3.05) is 23.7 Å². The van der Waals surface area contributed by atoms with E-state index in [9.17, 15) is 9.90 Å². The highest BCUT2D eigenvalue weighted by Crippen LogP contribution is 2.34. The molecule has 1 aliphatic rings. The Morgan fingerprint density at radius 2 is 2.03 bits per heavy atom. The van der Waals surface area contributed by atoms with E-state index < -0.39 is 0 Å². The van der Waals surface area contributed by atoms with Crippen molar-refractivity contribution in [1.82, 2.24) is 13.6 Å². The SMILES string of the molecule is CCC(Nc1nsnc1Nc1cccc(C(=O)N2CCCCC2)c1O)c1cc(C)co1. The van der Waals surface area contributed by atoms with E-state index in [1.54, 1.807) is 29.4 Å². The van der Waals surface area contributed by atoms with Crippen LogP contribution in [0.5, 0.6) is 5.75 Å². The Hall–Kier alpha value is -3.07. The molecule has 0 spiro atoms. The summed E-state index contributed by atoms with van der Waals surface area (Å²) in [5.41, 5.74) is 1.77. The number of amides is 1. The second-order valence-electron chi connectivity index (χ2n) is 7.77. The van der Waals surface area contributed by atoms with Crippen LogP contribution < -0.4 is 10.6 Å². The van der Waals surface area contributed by atoms with Gasteiger partial charge in [-0.2, -0.15) is 8.75 Å². The lowest BCUT2D eigenvalue weighted by molar-refractivity contribution is 0.0721. The van der Waals surface area contributed by atoms with Crippen LogP contribution in [0.4, 0.5) is 17.3 Å². The van der Waals surface area contributed by atoms with E-state index in [4.69, 9.17) is 4.42 Å². The average Bonchev–Trinajstić information content (AvgIpc) is 3.42. The van der Waals surface area contributed by atoms with Gasteiger partial charge in [0.05, 0.1) is 35.3 Å². The zero-order valence-corrected chi connectivity index (χ0v) is 18.5. The fourth-order valence-electron chi connectivity index (χ4n) is 3.75. The standard InChI is InChI=1S/C22H27N5O3S/c1-3-16(18-12-14(2)13-30-18)23-20-21(26-31-25-20)24-17-9-7-8-15(19(17)28)22(29)27-10-5-4-6-11-27/h7-9,12-13,16,28H,3-6,10-11H2,1-2H3,(H,23,25)(H,24,26). The lowest BCUT2D eigenvalue weighted by Gasteiger charge is -2.27. The Kier molecular flexibility index (Phi) is 6.41. The number of anilines is 3. The molecule has 164 valence electrons. The highest BCUT2D eigenvalue weighted by atomic mass is 32.1. The van der Waals surface area contributed by atoms with E-state index in [0.29, 0.717) is 22.9 Å². The molecule has 0 bridgehead atoms. The van der Waals surface area contributed by atoms with E-state index in [1.165, 1.54) is 0 Å². The number of piperidine rings is 1. The third kappa shape index (κ3) is 4.66. The topological polar surface area (TPSA) is 104 Å². The van der Waals surface area contributed by atoms with Gasteiger partial charge in [0, 0.05) is 13.1 Å². The van der Waals surface area contributed by atoms with Crippen LogP contribution >= 0.6 is 11.7 Å². The van der Waals surface area contributed by atoms with Crippen molar-refractivity contribution in [1.29, 1.82) is 0 Å². The van der Waals surface area contributed by atoms with Gasteiger partial charge < -0.3 is 25.1 Å².